The van der Waals surface area contributed by atoms with Gasteiger partial charge >= 0.3 is 11.9 Å². The summed E-state index contributed by atoms with van der Waals surface area (Å²) in [7, 11) is 0. The molecule has 0 saturated carbocycles. The number of amides is 2. The fraction of sp³-hybridized carbons (Fsp3) is 0.462. The summed E-state index contributed by atoms with van der Waals surface area (Å²) in [5.41, 5.74) is -1.67. The zero-order valence-electron chi connectivity index (χ0n) is 22.7. The van der Waals surface area contributed by atoms with Crippen LogP contribution in [0.5, 0.6) is 5.75 Å². The van der Waals surface area contributed by atoms with E-state index in [1.807, 2.05) is 0 Å². The first-order valence-electron chi connectivity index (χ1n) is 12.7. The molecule has 2 amide bonds. The lowest BCUT2D eigenvalue weighted by molar-refractivity contribution is -0.180. The number of cyclic esters (lactones) is 2. The van der Waals surface area contributed by atoms with Crippen LogP contribution >= 0.6 is 0 Å². The average molecular weight is 601 g/mol. The van der Waals surface area contributed by atoms with Crippen LogP contribution in [0.3, 0.4) is 0 Å². The molecule has 4 N–H and O–H groups in total. The number of aromatic nitrogens is 2. The highest BCUT2D eigenvalue weighted by molar-refractivity contribution is 5.98. The second-order valence-corrected chi connectivity index (χ2v) is 9.96. The number of carbonyl (C=O) groups excluding carboxylic acids is 4. The minimum atomic E-state index is -2.12. The zero-order chi connectivity index (χ0) is 31.5. The second-order valence-electron chi connectivity index (χ2n) is 9.96. The highest BCUT2D eigenvalue weighted by Crippen LogP contribution is 2.23. The molecule has 3 rings (SSSR count). The smallest absolute Gasteiger partial charge is 0.348 e. The van der Waals surface area contributed by atoms with E-state index in [4.69, 9.17) is 9.47 Å². The molecule has 0 bridgehead atoms. The zero-order valence-corrected chi connectivity index (χ0v) is 22.7. The van der Waals surface area contributed by atoms with Crippen LogP contribution in [0.2, 0.25) is 0 Å². The van der Waals surface area contributed by atoms with Gasteiger partial charge in [-0.05, 0) is 26.0 Å². The average Bonchev–Trinajstić information content (AvgIpc) is 2.93. The summed E-state index contributed by atoms with van der Waals surface area (Å²) >= 11 is 0. The Bertz CT molecular complexity index is 1380. The molecule has 1 saturated heterocycles. The highest BCUT2D eigenvalue weighted by Gasteiger charge is 2.41. The van der Waals surface area contributed by atoms with Gasteiger partial charge in [-0.15, -0.1) is 0 Å². The number of aliphatic hydroxyl groups excluding tert-OH is 1. The molecule has 0 aliphatic carbocycles. The molecule has 228 valence electrons. The van der Waals surface area contributed by atoms with Gasteiger partial charge in [-0.2, -0.15) is 18.2 Å². The lowest BCUT2D eigenvalue weighted by atomic mass is 9.92. The number of rotatable bonds is 5. The van der Waals surface area contributed by atoms with Crippen LogP contribution in [-0.2, 0) is 30.3 Å². The summed E-state index contributed by atoms with van der Waals surface area (Å²) in [5.74, 6) is -15.3. The number of ether oxygens (including phenoxy) is 2. The van der Waals surface area contributed by atoms with Crippen molar-refractivity contribution in [2.45, 2.75) is 64.5 Å². The van der Waals surface area contributed by atoms with E-state index in [1.165, 1.54) is 33.0 Å². The standard InChI is InChI=1S/C26H28F4N4O8/c1-9(2)20-26(40)41-11(4)17(33-24(38)18-14(35)6-5-7-31-18)23(37)32-13(19(36)10(3)25(39)42-20)8-12-15(27)16(28)22(30)34-21(12)29/h5-7,9-11,13,17,19-20,35-36H,8H2,1-4H3,(H,32,37)(H,33,38)/t10-,11-,13+,17+,19+,20?/m1/s1. The number of esters is 2. The van der Waals surface area contributed by atoms with Gasteiger partial charge in [0, 0.05) is 24.1 Å². The first-order chi connectivity index (χ1) is 19.6. The normalized spacial score (nSPS) is 25.5. The maximum atomic E-state index is 14.5. The molecule has 1 aliphatic heterocycles. The van der Waals surface area contributed by atoms with Crippen LogP contribution in [-0.4, -0.2) is 74.3 Å². The first-order valence-corrected chi connectivity index (χ1v) is 12.7. The van der Waals surface area contributed by atoms with Crippen LogP contribution in [0, 0.1) is 35.4 Å². The lowest BCUT2D eigenvalue weighted by Crippen LogP contribution is -2.59. The fourth-order valence-corrected chi connectivity index (χ4v) is 4.11. The molecule has 1 aliphatic rings. The third kappa shape index (κ3) is 6.92. The molecule has 12 nitrogen and oxygen atoms in total. The van der Waals surface area contributed by atoms with Crippen molar-refractivity contribution in [1.82, 2.24) is 20.6 Å². The fourth-order valence-electron chi connectivity index (χ4n) is 4.11. The number of halogens is 4. The number of nitrogens with one attached hydrogen (secondary N) is 2. The minimum Gasteiger partial charge on any atom is -0.505 e. The number of hydrogen-bond acceptors (Lipinski definition) is 10. The topological polar surface area (TPSA) is 177 Å². The van der Waals surface area contributed by atoms with Gasteiger partial charge in [0.15, 0.2) is 11.5 Å². The van der Waals surface area contributed by atoms with Gasteiger partial charge in [0.05, 0.1) is 18.1 Å². The van der Waals surface area contributed by atoms with E-state index >= 15 is 0 Å². The molecule has 1 unspecified atom stereocenters. The number of nitrogens with zero attached hydrogens (tertiary/aromatic N) is 2. The number of carbonyl (C=O) groups is 4. The SMILES string of the molecule is CC(C)C1OC(=O)[C@H](C)[C@H](O)[C@H](Cc2c(F)nc(F)c(F)c2F)NC(=O)[C@@H](NC(=O)c2ncccc2O)[C@@H](C)OC1=O. The van der Waals surface area contributed by atoms with Crippen molar-refractivity contribution < 1.29 is 56.4 Å². The lowest BCUT2D eigenvalue weighted by Gasteiger charge is -2.33. The van der Waals surface area contributed by atoms with E-state index in [-0.39, 0.29) is 0 Å². The van der Waals surface area contributed by atoms with E-state index in [1.54, 1.807) is 0 Å². The van der Waals surface area contributed by atoms with Gasteiger partial charge in [0.25, 0.3) is 11.9 Å². The van der Waals surface area contributed by atoms with Crippen molar-refractivity contribution in [3.63, 3.8) is 0 Å². The number of aliphatic hydroxyl groups is 1. The summed E-state index contributed by atoms with van der Waals surface area (Å²) in [6, 6.07) is -1.11. The summed E-state index contributed by atoms with van der Waals surface area (Å²) in [6.07, 6.45) is -4.89. The summed E-state index contributed by atoms with van der Waals surface area (Å²) < 4.78 is 66.8. The molecule has 0 spiro atoms. The maximum Gasteiger partial charge on any atom is 0.348 e. The molecular formula is C26H28F4N4O8. The Kier molecular flexibility index (Phi) is 10.0. The van der Waals surface area contributed by atoms with Crippen LogP contribution < -0.4 is 10.6 Å². The number of aromatic hydroxyl groups is 1. The predicted octanol–water partition coefficient (Wildman–Crippen LogP) is 1.07. The largest absolute Gasteiger partial charge is 0.505 e. The maximum absolute atomic E-state index is 14.5. The van der Waals surface area contributed by atoms with E-state index in [2.05, 4.69) is 20.6 Å². The quantitative estimate of drug-likeness (QED) is 0.221. The summed E-state index contributed by atoms with van der Waals surface area (Å²) in [5, 5.41) is 25.5. The van der Waals surface area contributed by atoms with Crippen molar-refractivity contribution in [3.05, 3.63) is 53.1 Å². The molecule has 2 aromatic heterocycles. The van der Waals surface area contributed by atoms with Crippen molar-refractivity contribution in [2.75, 3.05) is 0 Å². The minimum absolute atomic E-state index is 0.508. The Morgan fingerprint density at radius 1 is 1.07 bits per heavy atom. The van der Waals surface area contributed by atoms with Crippen LogP contribution in [0.1, 0.15) is 43.7 Å². The predicted molar refractivity (Wildman–Crippen MR) is 132 cm³/mol. The van der Waals surface area contributed by atoms with Gasteiger partial charge in [0.1, 0.15) is 17.9 Å². The summed E-state index contributed by atoms with van der Waals surface area (Å²) in [4.78, 5) is 58.5. The van der Waals surface area contributed by atoms with E-state index in [0.717, 1.165) is 13.0 Å². The third-order valence-electron chi connectivity index (χ3n) is 6.56. The molecule has 16 heteroatoms. The van der Waals surface area contributed by atoms with Gasteiger partial charge in [-0.1, -0.05) is 13.8 Å². The van der Waals surface area contributed by atoms with Crippen molar-refractivity contribution in [2.24, 2.45) is 11.8 Å². The van der Waals surface area contributed by atoms with Crippen molar-refractivity contribution in [1.29, 1.82) is 0 Å². The Morgan fingerprint density at radius 2 is 1.74 bits per heavy atom. The molecular weight excluding hydrogens is 572 g/mol. The van der Waals surface area contributed by atoms with Crippen molar-refractivity contribution in [3.8, 4) is 5.75 Å². The van der Waals surface area contributed by atoms with Crippen molar-refractivity contribution >= 4 is 23.8 Å². The summed E-state index contributed by atoms with van der Waals surface area (Å²) in [6.45, 7) is 5.34. The monoisotopic (exact) mass is 600 g/mol. The molecule has 2 aromatic rings. The van der Waals surface area contributed by atoms with E-state index in [9.17, 15) is 47.0 Å². The van der Waals surface area contributed by atoms with Crippen LogP contribution in [0.4, 0.5) is 17.6 Å². The Hall–Kier alpha value is -4.34. The molecule has 1 fully saturated rings. The molecule has 6 atom stereocenters. The van der Waals surface area contributed by atoms with Gasteiger partial charge in [-0.25, -0.2) is 14.2 Å². The number of pyridine rings is 2. The Labute approximate surface area is 236 Å². The van der Waals surface area contributed by atoms with Crippen LogP contribution in [0.15, 0.2) is 18.3 Å². The Balaban J connectivity index is 2.07. The Morgan fingerprint density at radius 3 is 2.36 bits per heavy atom. The van der Waals surface area contributed by atoms with Crippen LogP contribution in [0.25, 0.3) is 0 Å². The van der Waals surface area contributed by atoms with Gasteiger partial charge < -0.3 is 30.3 Å². The third-order valence-corrected chi connectivity index (χ3v) is 6.56. The second kappa shape index (κ2) is 13.1. The van der Waals surface area contributed by atoms with Gasteiger partial charge in [-0.3, -0.25) is 14.4 Å². The molecule has 0 radical (unpaired) electrons. The number of hydrogen-bond donors (Lipinski definition) is 4. The van der Waals surface area contributed by atoms with Gasteiger partial charge in [0.2, 0.25) is 23.8 Å². The molecule has 3 heterocycles. The first kappa shape index (κ1) is 32.2. The van der Waals surface area contributed by atoms with E-state index in [0.29, 0.717) is 0 Å². The molecule has 42 heavy (non-hydrogen) atoms. The molecule has 0 aromatic carbocycles. The van der Waals surface area contributed by atoms with E-state index < -0.39 is 113 Å². The highest BCUT2D eigenvalue weighted by atomic mass is 19.2.